The van der Waals surface area contributed by atoms with Gasteiger partial charge in [-0.05, 0) is 49.4 Å². The quantitative estimate of drug-likeness (QED) is 0.854. The van der Waals surface area contributed by atoms with Gasteiger partial charge in [-0.2, -0.15) is 5.10 Å². The number of hydrogen-bond donors (Lipinski definition) is 2. The number of nitrogens with zero attached hydrogens (tertiary/aromatic N) is 3. The Morgan fingerprint density at radius 1 is 1.46 bits per heavy atom. The highest BCUT2D eigenvalue weighted by Crippen LogP contribution is 2.23. The third-order valence-electron chi connectivity index (χ3n) is 4.74. The molecule has 0 bridgehead atoms. The Kier molecular flexibility index (Phi) is 5.59. The molecule has 128 valence electrons. The average Bonchev–Trinajstić information content (AvgIpc) is 3.10. The van der Waals surface area contributed by atoms with Crippen molar-refractivity contribution in [3.05, 3.63) is 42.5 Å². The van der Waals surface area contributed by atoms with Crippen LogP contribution in [0.25, 0.3) is 0 Å². The summed E-state index contributed by atoms with van der Waals surface area (Å²) in [5.74, 6) is 1.06. The summed E-state index contributed by atoms with van der Waals surface area (Å²) in [4.78, 5) is 16.4. The van der Waals surface area contributed by atoms with Crippen molar-refractivity contribution in [2.45, 2.75) is 32.7 Å². The number of anilines is 1. The molecule has 6 heteroatoms. The van der Waals surface area contributed by atoms with E-state index in [0.29, 0.717) is 24.8 Å². The smallest absolute Gasteiger partial charge is 0.224 e. The minimum atomic E-state index is 0.0825. The number of aromatic nitrogens is 3. The van der Waals surface area contributed by atoms with Gasteiger partial charge < -0.3 is 10.6 Å². The first kappa shape index (κ1) is 16.6. The van der Waals surface area contributed by atoms with Crippen LogP contribution >= 0.6 is 0 Å². The minimum absolute atomic E-state index is 0.0825. The molecule has 0 saturated carbocycles. The summed E-state index contributed by atoms with van der Waals surface area (Å²) in [5.41, 5.74) is 1.88. The number of benzene rings is 1. The summed E-state index contributed by atoms with van der Waals surface area (Å²) < 4.78 is 1.75. The molecule has 1 aliphatic rings. The highest BCUT2D eigenvalue weighted by molar-refractivity contribution is 5.91. The van der Waals surface area contributed by atoms with E-state index < -0.39 is 0 Å². The van der Waals surface area contributed by atoms with Crippen LogP contribution in [0.3, 0.4) is 0 Å². The highest BCUT2D eigenvalue weighted by atomic mass is 16.1. The lowest BCUT2D eigenvalue weighted by molar-refractivity contribution is -0.117. The van der Waals surface area contributed by atoms with Gasteiger partial charge in [0.25, 0.3) is 0 Å². The van der Waals surface area contributed by atoms with Gasteiger partial charge in [-0.1, -0.05) is 25.1 Å². The Morgan fingerprint density at radius 3 is 3.08 bits per heavy atom. The van der Waals surface area contributed by atoms with E-state index in [0.717, 1.165) is 24.3 Å². The van der Waals surface area contributed by atoms with Gasteiger partial charge in [-0.3, -0.25) is 4.79 Å². The largest absolute Gasteiger partial charge is 0.326 e. The molecule has 1 aliphatic heterocycles. The fourth-order valence-corrected chi connectivity index (χ4v) is 3.29. The Morgan fingerprint density at radius 2 is 2.33 bits per heavy atom. The Hall–Kier alpha value is -2.21. The van der Waals surface area contributed by atoms with Gasteiger partial charge in [0, 0.05) is 12.1 Å². The van der Waals surface area contributed by atoms with Crippen molar-refractivity contribution in [3.63, 3.8) is 0 Å². The molecule has 1 aromatic carbocycles. The van der Waals surface area contributed by atoms with Gasteiger partial charge >= 0.3 is 0 Å². The van der Waals surface area contributed by atoms with Crippen LogP contribution in [0, 0.1) is 11.8 Å². The maximum absolute atomic E-state index is 12.5. The van der Waals surface area contributed by atoms with Crippen molar-refractivity contribution >= 4 is 11.6 Å². The lowest BCUT2D eigenvalue weighted by Gasteiger charge is -2.28. The average molecular weight is 327 g/mol. The van der Waals surface area contributed by atoms with Crippen LogP contribution in [0.2, 0.25) is 0 Å². The fourth-order valence-electron chi connectivity index (χ4n) is 3.29. The second-order valence-corrected chi connectivity index (χ2v) is 6.59. The molecule has 3 rings (SSSR count). The van der Waals surface area contributed by atoms with Crippen LogP contribution in [0.15, 0.2) is 36.9 Å². The van der Waals surface area contributed by atoms with Gasteiger partial charge in [-0.15, -0.1) is 0 Å². The molecule has 1 fully saturated rings. The van der Waals surface area contributed by atoms with E-state index in [-0.39, 0.29) is 5.91 Å². The van der Waals surface area contributed by atoms with Crippen LogP contribution in [-0.2, 0) is 11.3 Å². The first-order valence-electron chi connectivity index (χ1n) is 8.63. The second kappa shape index (κ2) is 8.06. The van der Waals surface area contributed by atoms with E-state index >= 15 is 0 Å². The van der Waals surface area contributed by atoms with Gasteiger partial charge in [0.15, 0.2) is 0 Å². The molecule has 2 aromatic rings. The first-order valence-corrected chi connectivity index (χ1v) is 8.63. The van der Waals surface area contributed by atoms with E-state index in [1.165, 1.54) is 19.2 Å². The molecule has 2 unspecified atom stereocenters. The number of piperidine rings is 1. The summed E-state index contributed by atoms with van der Waals surface area (Å²) in [7, 11) is 0. The summed E-state index contributed by atoms with van der Waals surface area (Å²) in [5, 5.41) is 10.6. The third-order valence-corrected chi connectivity index (χ3v) is 4.74. The number of hydrogen-bond acceptors (Lipinski definition) is 4. The summed E-state index contributed by atoms with van der Waals surface area (Å²) in [6.07, 6.45) is 6.17. The molecule has 2 atom stereocenters. The third kappa shape index (κ3) is 4.41. The lowest BCUT2D eigenvalue weighted by Crippen LogP contribution is -2.34. The fraction of sp³-hybridized carbons (Fsp3) is 0.500. The van der Waals surface area contributed by atoms with Crippen LogP contribution in [0.5, 0.6) is 0 Å². The van der Waals surface area contributed by atoms with E-state index in [4.69, 9.17) is 0 Å². The minimum Gasteiger partial charge on any atom is -0.326 e. The number of para-hydroxylation sites is 1. The van der Waals surface area contributed by atoms with E-state index in [1.807, 2.05) is 24.3 Å². The monoisotopic (exact) mass is 327 g/mol. The molecule has 1 aromatic heterocycles. The predicted molar refractivity (Wildman–Crippen MR) is 93.6 cm³/mol. The SMILES string of the molecule is CC(CC(=O)Nc1ccccc1Cn1cncn1)C1CCCNC1. The van der Waals surface area contributed by atoms with Crippen molar-refractivity contribution < 1.29 is 4.79 Å². The molecule has 0 aliphatic carbocycles. The molecular formula is C18H25N5O. The number of rotatable bonds is 6. The standard InChI is InChI=1S/C18H25N5O/c1-14(15-6-4-8-19-10-15)9-18(24)22-17-7-3-2-5-16(17)11-23-13-20-12-21-23/h2-3,5,7,12-15,19H,4,6,8-11H2,1H3,(H,22,24). The molecule has 1 saturated heterocycles. The van der Waals surface area contributed by atoms with E-state index in [1.54, 1.807) is 11.0 Å². The Balaban J connectivity index is 1.59. The van der Waals surface area contributed by atoms with E-state index in [9.17, 15) is 4.79 Å². The van der Waals surface area contributed by atoms with Crippen molar-refractivity contribution in [2.24, 2.45) is 11.8 Å². The number of amides is 1. The summed E-state index contributed by atoms with van der Waals surface area (Å²) >= 11 is 0. The van der Waals surface area contributed by atoms with Crippen LogP contribution in [0.4, 0.5) is 5.69 Å². The molecule has 6 nitrogen and oxygen atoms in total. The van der Waals surface area contributed by atoms with Crippen LogP contribution in [0.1, 0.15) is 31.7 Å². The van der Waals surface area contributed by atoms with Gasteiger partial charge in [0.05, 0.1) is 6.54 Å². The zero-order valence-electron chi connectivity index (χ0n) is 14.1. The normalized spacial score (nSPS) is 19.0. The summed E-state index contributed by atoms with van der Waals surface area (Å²) in [6.45, 7) is 4.90. The Bertz CT molecular complexity index is 649. The van der Waals surface area contributed by atoms with Crippen molar-refractivity contribution in [1.29, 1.82) is 0 Å². The van der Waals surface area contributed by atoms with Gasteiger partial charge in [-0.25, -0.2) is 9.67 Å². The topological polar surface area (TPSA) is 71.8 Å². The molecule has 2 N–H and O–H groups in total. The Labute approximate surface area is 142 Å². The highest BCUT2D eigenvalue weighted by Gasteiger charge is 2.22. The number of carbonyl (C=O) groups excluding carboxylic acids is 1. The van der Waals surface area contributed by atoms with Crippen LogP contribution in [-0.4, -0.2) is 33.8 Å². The van der Waals surface area contributed by atoms with Gasteiger partial charge in [0.1, 0.15) is 12.7 Å². The summed E-state index contributed by atoms with van der Waals surface area (Å²) in [6, 6.07) is 7.86. The van der Waals surface area contributed by atoms with Crippen molar-refractivity contribution in [1.82, 2.24) is 20.1 Å². The maximum atomic E-state index is 12.5. The first-order chi connectivity index (χ1) is 11.7. The van der Waals surface area contributed by atoms with Crippen molar-refractivity contribution in [2.75, 3.05) is 18.4 Å². The molecule has 1 amide bonds. The van der Waals surface area contributed by atoms with Crippen LogP contribution < -0.4 is 10.6 Å². The van der Waals surface area contributed by atoms with Gasteiger partial charge in [0.2, 0.25) is 5.91 Å². The zero-order valence-corrected chi connectivity index (χ0v) is 14.1. The van der Waals surface area contributed by atoms with E-state index in [2.05, 4.69) is 27.6 Å². The lowest BCUT2D eigenvalue weighted by atomic mass is 9.85. The maximum Gasteiger partial charge on any atom is 0.224 e. The molecular weight excluding hydrogens is 302 g/mol. The number of nitrogens with one attached hydrogen (secondary N) is 2. The molecule has 2 heterocycles. The molecule has 0 radical (unpaired) electrons. The number of carbonyl (C=O) groups is 1. The molecule has 0 spiro atoms. The van der Waals surface area contributed by atoms with Crippen molar-refractivity contribution in [3.8, 4) is 0 Å². The zero-order chi connectivity index (χ0) is 16.8. The predicted octanol–water partition coefficient (Wildman–Crippen LogP) is 2.29. The second-order valence-electron chi connectivity index (χ2n) is 6.59. The molecule has 24 heavy (non-hydrogen) atoms.